The zero-order valence-electron chi connectivity index (χ0n) is 12.2. The summed E-state index contributed by atoms with van der Waals surface area (Å²) < 4.78 is 20.7. The number of hydrogen-bond acceptors (Lipinski definition) is 7. The molecule has 3 rings (SSSR count). The lowest BCUT2D eigenvalue weighted by atomic mass is 10.1. The van der Waals surface area contributed by atoms with Crippen molar-refractivity contribution < 1.29 is 23.5 Å². The second-order valence-corrected chi connectivity index (χ2v) is 4.88. The molecule has 0 bridgehead atoms. The van der Waals surface area contributed by atoms with Gasteiger partial charge in [0.05, 0.1) is 25.2 Å². The fraction of sp³-hybridized carbons (Fsp3) is 0.400. The topological polar surface area (TPSA) is 83.7 Å². The van der Waals surface area contributed by atoms with Crippen molar-refractivity contribution in [2.24, 2.45) is 5.92 Å². The molecule has 0 aliphatic carbocycles. The van der Waals surface area contributed by atoms with Crippen molar-refractivity contribution in [3.05, 3.63) is 30.2 Å². The first-order valence-electron chi connectivity index (χ1n) is 6.98. The van der Waals surface area contributed by atoms with E-state index < -0.39 is 0 Å². The number of esters is 1. The van der Waals surface area contributed by atoms with Crippen LogP contribution in [-0.2, 0) is 20.9 Å². The predicted octanol–water partition coefficient (Wildman–Crippen LogP) is 1.82. The first-order valence-corrected chi connectivity index (χ1v) is 6.98. The van der Waals surface area contributed by atoms with E-state index in [-0.39, 0.29) is 24.4 Å². The Labute approximate surface area is 127 Å². The van der Waals surface area contributed by atoms with Gasteiger partial charge in [-0.25, -0.2) is 0 Å². The first-order chi connectivity index (χ1) is 10.8. The van der Waals surface area contributed by atoms with Crippen molar-refractivity contribution >= 4 is 5.97 Å². The van der Waals surface area contributed by atoms with Crippen LogP contribution >= 0.6 is 0 Å². The summed E-state index contributed by atoms with van der Waals surface area (Å²) in [7, 11) is 1.57. The molecule has 0 amide bonds. The third kappa shape index (κ3) is 3.09. The molecule has 1 fully saturated rings. The largest absolute Gasteiger partial charge is 0.496 e. The average Bonchev–Trinajstić information content (AvgIpc) is 3.24. The van der Waals surface area contributed by atoms with Crippen LogP contribution in [0.1, 0.15) is 12.3 Å². The lowest BCUT2D eigenvalue weighted by molar-refractivity contribution is -0.150. The summed E-state index contributed by atoms with van der Waals surface area (Å²) in [6, 6.07) is 7.35. The van der Waals surface area contributed by atoms with Gasteiger partial charge in [0.25, 0.3) is 5.89 Å². The highest BCUT2D eigenvalue weighted by molar-refractivity contribution is 5.72. The molecule has 116 valence electrons. The number of methoxy groups -OCH3 is 1. The second kappa shape index (κ2) is 6.57. The maximum atomic E-state index is 11.8. The lowest BCUT2D eigenvalue weighted by Gasteiger charge is -2.05. The monoisotopic (exact) mass is 304 g/mol. The molecule has 0 N–H and O–H groups in total. The van der Waals surface area contributed by atoms with E-state index in [2.05, 4.69) is 10.1 Å². The van der Waals surface area contributed by atoms with Crippen molar-refractivity contribution in [1.29, 1.82) is 0 Å². The predicted molar refractivity (Wildman–Crippen MR) is 75.0 cm³/mol. The Bertz CT molecular complexity index is 649. The van der Waals surface area contributed by atoms with Crippen LogP contribution in [0.4, 0.5) is 0 Å². The smallest absolute Gasteiger partial charge is 0.311 e. The zero-order chi connectivity index (χ0) is 15.4. The van der Waals surface area contributed by atoms with Crippen LogP contribution in [0.15, 0.2) is 28.8 Å². The maximum Gasteiger partial charge on any atom is 0.311 e. The molecule has 1 aromatic heterocycles. The van der Waals surface area contributed by atoms with Gasteiger partial charge in [0, 0.05) is 6.61 Å². The van der Waals surface area contributed by atoms with Gasteiger partial charge in [-0.1, -0.05) is 17.3 Å². The maximum absolute atomic E-state index is 11.8. The SMILES string of the molecule is COc1ccccc1-c1noc(COC(=O)C2CCOC2)n1. The summed E-state index contributed by atoms with van der Waals surface area (Å²) in [6.07, 6.45) is 0.690. The Hall–Kier alpha value is -2.41. The van der Waals surface area contributed by atoms with Crippen LogP contribution in [0.25, 0.3) is 11.4 Å². The number of rotatable bonds is 5. The van der Waals surface area contributed by atoms with E-state index in [1.165, 1.54) is 0 Å². The molecule has 1 atom stereocenters. The summed E-state index contributed by atoms with van der Waals surface area (Å²) in [5.41, 5.74) is 0.718. The molecule has 7 nitrogen and oxygen atoms in total. The van der Waals surface area contributed by atoms with Crippen molar-refractivity contribution in [3.8, 4) is 17.1 Å². The van der Waals surface area contributed by atoms with Crippen molar-refractivity contribution in [2.75, 3.05) is 20.3 Å². The minimum atomic E-state index is -0.297. The van der Waals surface area contributed by atoms with Gasteiger partial charge < -0.3 is 18.7 Å². The lowest BCUT2D eigenvalue weighted by Crippen LogP contribution is -2.17. The van der Waals surface area contributed by atoms with Crippen molar-refractivity contribution in [2.45, 2.75) is 13.0 Å². The van der Waals surface area contributed by atoms with Crippen LogP contribution in [-0.4, -0.2) is 36.4 Å². The Morgan fingerprint density at radius 2 is 2.27 bits per heavy atom. The van der Waals surface area contributed by atoms with Crippen LogP contribution in [0.3, 0.4) is 0 Å². The summed E-state index contributed by atoms with van der Waals surface area (Å²) in [5.74, 6) is 0.793. The van der Waals surface area contributed by atoms with Crippen molar-refractivity contribution in [3.63, 3.8) is 0 Å². The molecule has 1 aromatic carbocycles. The van der Waals surface area contributed by atoms with Crippen LogP contribution < -0.4 is 4.74 Å². The Morgan fingerprint density at radius 1 is 1.41 bits per heavy atom. The molecule has 0 radical (unpaired) electrons. The molecule has 1 aliphatic rings. The van der Waals surface area contributed by atoms with Gasteiger partial charge in [0.15, 0.2) is 6.61 Å². The number of ether oxygens (including phenoxy) is 3. The number of carbonyl (C=O) groups is 1. The van der Waals surface area contributed by atoms with Crippen LogP contribution in [0.2, 0.25) is 0 Å². The van der Waals surface area contributed by atoms with Gasteiger partial charge in [-0.05, 0) is 18.6 Å². The van der Waals surface area contributed by atoms with E-state index in [9.17, 15) is 4.79 Å². The molecule has 0 saturated carbocycles. The fourth-order valence-corrected chi connectivity index (χ4v) is 2.22. The average molecular weight is 304 g/mol. The number of para-hydroxylation sites is 1. The standard InChI is InChI=1S/C15H16N2O5/c1-19-12-5-3-2-4-11(12)14-16-13(22-17-14)9-21-15(18)10-6-7-20-8-10/h2-5,10H,6-9H2,1H3. The van der Waals surface area contributed by atoms with Crippen LogP contribution in [0, 0.1) is 5.92 Å². The Kier molecular flexibility index (Phi) is 4.34. The van der Waals surface area contributed by atoms with Gasteiger partial charge in [0.2, 0.25) is 5.82 Å². The number of nitrogens with zero attached hydrogens (tertiary/aromatic N) is 2. The van der Waals surface area contributed by atoms with Crippen molar-refractivity contribution in [1.82, 2.24) is 10.1 Å². The molecular formula is C15H16N2O5. The van der Waals surface area contributed by atoms with Gasteiger partial charge in [-0.2, -0.15) is 4.98 Å². The summed E-state index contributed by atoms with van der Waals surface area (Å²) in [5, 5.41) is 3.89. The summed E-state index contributed by atoms with van der Waals surface area (Å²) in [4.78, 5) is 16.0. The molecule has 7 heteroatoms. The second-order valence-electron chi connectivity index (χ2n) is 4.88. The third-order valence-corrected chi connectivity index (χ3v) is 3.42. The van der Waals surface area contributed by atoms with Gasteiger partial charge in [-0.15, -0.1) is 0 Å². The van der Waals surface area contributed by atoms with E-state index in [1.54, 1.807) is 7.11 Å². The quantitative estimate of drug-likeness (QED) is 0.779. The Morgan fingerprint density at radius 3 is 3.05 bits per heavy atom. The minimum Gasteiger partial charge on any atom is -0.496 e. The van der Waals surface area contributed by atoms with E-state index in [4.69, 9.17) is 18.7 Å². The number of carbonyl (C=O) groups excluding carboxylic acids is 1. The zero-order valence-corrected chi connectivity index (χ0v) is 12.2. The van der Waals surface area contributed by atoms with E-state index in [1.807, 2.05) is 24.3 Å². The molecule has 1 saturated heterocycles. The molecule has 2 aromatic rings. The number of hydrogen-bond donors (Lipinski definition) is 0. The summed E-state index contributed by atoms with van der Waals surface area (Å²) >= 11 is 0. The number of benzene rings is 1. The van der Waals surface area contributed by atoms with Gasteiger partial charge in [0.1, 0.15) is 5.75 Å². The highest BCUT2D eigenvalue weighted by Gasteiger charge is 2.25. The molecule has 0 spiro atoms. The van der Waals surface area contributed by atoms with Crippen LogP contribution in [0.5, 0.6) is 5.75 Å². The molecule has 2 heterocycles. The number of aromatic nitrogens is 2. The highest BCUT2D eigenvalue weighted by atomic mass is 16.6. The normalized spacial score (nSPS) is 17.4. The Balaban J connectivity index is 1.65. The first kappa shape index (κ1) is 14.5. The summed E-state index contributed by atoms with van der Waals surface area (Å²) in [6.45, 7) is 0.963. The molecule has 1 unspecified atom stereocenters. The molecule has 1 aliphatic heterocycles. The minimum absolute atomic E-state index is 0.0442. The van der Waals surface area contributed by atoms with Gasteiger partial charge >= 0.3 is 5.97 Å². The van der Waals surface area contributed by atoms with Gasteiger partial charge in [-0.3, -0.25) is 4.79 Å². The molecule has 22 heavy (non-hydrogen) atoms. The van der Waals surface area contributed by atoms with E-state index in [0.717, 1.165) is 5.56 Å². The molecular weight excluding hydrogens is 288 g/mol. The highest BCUT2D eigenvalue weighted by Crippen LogP contribution is 2.27. The van der Waals surface area contributed by atoms with E-state index in [0.29, 0.717) is 31.2 Å². The van der Waals surface area contributed by atoms with E-state index >= 15 is 0 Å². The fourth-order valence-electron chi connectivity index (χ4n) is 2.22. The third-order valence-electron chi connectivity index (χ3n) is 3.42.